The van der Waals surface area contributed by atoms with Gasteiger partial charge >= 0.3 is 0 Å². The third-order valence-corrected chi connectivity index (χ3v) is 3.81. The Balaban J connectivity index is 2.10. The third-order valence-electron chi connectivity index (χ3n) is 3.81. The molecule has 2 N–H and O–H groups in total. The van der Waals surface area contributed by atoms with Crippen LogP contribution in [0.3, 0.4) is 0 Å². The number of anilines is 1. The van der Waals surface area contributed by atoms with Crippen LogP contribution in [-0.2, 0) is 0 Å². The summed E-state index contributed by atoms with van der Waals surface area (Å²) >= 11 is 0. The number of hydrogen-bond donors (Lipinski definition) is 2. The highest BCUT2D eigenvalue weighted by Gasteiger charge is 2.19. The van der Waals surface area contributed by atoms with Crippen molar-refractivity contribution in [2.24, 2.45) is 0 Å². The monoisotopic (exact) mass is 339 g/mol. The molecule has 0 unspecified atom stereocenters. The maximum Gasteiger partial charge on any atom is 0.272 e. The second-order valence-corrected chi connectivity index (χ2v) is 5.77. The lowest BCUT2D eigenvalue weighted by atomic mass is 10.1. The van der Waals surface area contributed by atoms with E-state index in [1.54, 1.807) is 38.1 Å². The Labute approximate surface area is 146 Å². The smallest absolute Gasteiger partial charge is 0.272 e. The molecule has 2 rings (SSSR count). The summed E-state index contributed by atoms with van der Waals surface area (Å²) < 4.78 is 5.56. The number of benzene rings is 1. The summed E-state index contributed by atoms with van der Waals surface area (Å²) in [6.45, 7) is 5.46. The van der Waals surface area contributed by atoms with Crippen LogP contribution in [0.2, 0.25) is 0 Å². The first-order chi connectivity index (χ1) is 11.9. The molecule has 0 fully saturated rings. The lowest BCUT2D eigenvalue weighted by Gasteiger charge is -2.09. The molecule has 0 saturated heterocycles. The lowest BCUT2D eigenvalue weighted by Crippen LogP contribution is -2.14. The fraction of sp³-hybridized carbons (Fsp3) is 0.316. The number of amides is 1. The molecule has 1 aromatic carbocycles. The summed E-state index contributed by atoms with van der Waals surface area (Å²) in [7, 11) is 0. The molecule has 0 atom stereocenters. The Kier molecular flexibility index (Phi) is 5.96. The van der Waals surface area contributed by atoms with Crippen molar-refractivity contribution >= 4 is 17.4 Å². The van der Waals surface area contributed by atoms with E-state index < -0.39 is 0 Å². The van der Waals surface area contributed by atoms with Gasteiger partial charge < -0.3 is 15.0 Å². The van der Waals surface area contributed by atoms with E-state index in [2.05, 4.69) is 16.4 Å². The SMILES string of the molecule is CC(=O)c1c(C)[nH]c(C(=O)Nc2cccc(OCCCC#N)c2)c1C. The van der Waals surface area contributed by atoms with Crippen molar-refractivity contribution < 1.29 is 14.3 Å². The van der Waals surface area contributed by atoms with Gasteiger partial charge in [0.05, 0.1) is 12.7 Å². The molecule has 1 heterocycles. The average Bonchev–Trinajstić information content (AvgIpc) is 2.87. The van der Waals surface area contributed by atoms with Gasteiger partial charge in [-0.25, -0.2) is 0 Å². The van der Waals surface area contributed by atoms with Crippen molar-refractivity contribution in [3.05, 3.63) is 46.8 Å². The number of unbranched alkanes of at least 4 members (excludes halogenated alkanes) is 1. The van der Waals surface area contributed by atoms with Gasteiger partial charge in [-0.15, -0.1) is 0 Å². The molecular weight excluding hydrogens is 318 g/mol. The zero-order valence-corrected chi connectivity index (χ0v) is 14.6. The van der Waals surface area contributed by atoms with E-state index in [1.807, 2.05) is 0 Å². The van der Waals surface area contributed by atoms with Crippen LogP contribution < -0.4 is 10.1 Å². The van der Waals surface area contributed by atoms with Gasteiger partial charge in [-0.3, -0.25) is 9.59 Å². The van der Waals surface area contributed by atoms with Crippen molar-refractivity contribution in [3.8, 4) is 11.8 Å². The first-order valence-corrected chi connectivity index (χ1v) is 8.05. The molecule has 0 aliphatic rings. The van der Waals surface area contributed by atoms with Crippen LogP contribution in [0.25, 0.3) is 0 Å². The standard InChI is InChI=1S/C19H21N3O3/c1-12-17(14(3)23)13(2)21-18(12)19(24)22-15-7-6-8-16(11-15)25-10-5-4-9-20/h6-8,11,21H,4-5,10H2,1-3H3,(H,22,24). The minimum absolute atomic E-state index is 0.0712. The number of nitrogens with zero attached hydrogens (tertiary/aromatic N) is 1. The van der Waals surface area contributed by atoms with Crippen molar-refractivity contribution in [1.82, 2.24) is 4.98 Å². The summed E-state index contributed by atoms with van der Waals surface area (Å²) in [6.07, 6.45) is 1.10. The van der Waals surface area contributed by atoms with E-state index in [4.69, 9.17) is 10.00 Å². The van der Waals surface area contributed by atoms with Crippen LogP contribution in [0.5, 0.6) is 5.75 Å². The molecule has 1 aromatic heterocycles. The minimum atomic E-state index is -0.310. The Morgan fingerprint density at radius 1 is 1.32 bits per heavy atom. The molecule has 0 aliphatic carbocycles. The number of rotatable bonds is 7. The molecule has 2 aromatic rings. The van der Waals surface area contributed by atoms with Crippen molar-refractivity contribution in [2.75, 3.05) is 11.9 Å². The first-order valence-electron chi connectivity index (χ1n) is 8.05. The number of ketones is 1. The van der Waals surface area contributed by atoms with Crippen LogP contribution in [0.1, 0.15) is 51.9 Å². The van der Waals surface area contributed by atoms with Crippen molar-refractivity contribution in [3.63, 3.8) is 0 Å². The molecule has 130 valence electrons. The molecule has 0 radical (unpaired) electrons. The van der Waals surface area contributed by atoms with Gasteiger partial charge in [-0.1, -0.05) is 6.07 Å². The number of aryl methyl sites for hydroxylation is 1. The number of H-pyrrole nitrogens is 1. The summed E-state index contributed by atoms with van der Waals surface area (Å²) in [5.74, 6) is 0.243. The number of carbonyl (C=O) groups excluding carboxylic acids is 2. The molecule has 6 nitrogen and oxygen atoms in total. The Morgan fingerprint density at radius 3 is 2.72 bits per heavy atom. The Bertz CT molecular complexity index is 831. The topological polar surface area (TPSA) is 95.0 Å². The Hall–Kier alpha value is -3.07. The summed E-state index contributed by atoms with van der Waals surface area (Å²) in [5, 5.41) is 11.3. The number of ether oxygens (including phenoxy) is 1. The van der Waals surface area contributed by atoms with Gasteiger partial charge in [-0.05, 0) is 44.9 Å². The van der Waals surface area contributed by atoms with Crippen LogP contribution in [-0.4, -0.2) is 23.3 Å². The molecule has 0 bridgehead atoms. The highest BCUT2D eigenvalue weighted by molar-refractivity contribution is 6.07. The fourth-order valence-electron chi connectivity index (χ4n) is 2.70. The van der Waals surface area contributed by atoms with E-state index in [1.165, 1.54) is 6.92 Å². The van der Waals surface area contributed by atoms with E-state index in [9.17, 15) is 9.59 Å². The number of hydrogen-bond acceptors (Lipinski definition) is 4. The van der Waals surface area contributed by atoms with Crippen molar-refractivity contribution in [1.29, 1.82) is 5.26 Å². The van der Waals surface area contributed by atoms with Gasteiger partial charge in [0.1, 0.15) is 11.4 Å². The predicted octanol–water partition coefficient (Wildman–Crippen LogP) is 3.77. The largest absolute Gasteiger partial charge is 0.493 e. The molecule has 0 saturated carbocycles. The van der Waals surface area contributed by atoms with Gasteiger partial charge in [-0.2, -0.15) is 5.26 Å². The maximum atomic E-state index is 12.5. The fourth-order valence-corrected chi connectivity index (χ4v) is 2.70. The molecule has 25 heavy (non-hydrogen) atoms. The zero-order chi connectivity index (χ0) is 18.4. The van der Waals surface area contributed by atoms with Gasteiger partial charge in [0.15, 0.2) is 5.78 Å². The van der Waals surface area contributed by atoms with Gasteiger partial charge in [0.2, 0.25) is 0 Å². The normalized spacial score (nSPS) is 10.2. The van der Waals surface area contributed by atoms with Crippen LogP contribution in [0.15, 0.2) is 24.3 Å². The second-order valence-electron chi connectivity index (χ2n) is 5.77. The molecule has 6 heteroatoms. The summed E-state index contributed by atoms with van der Waals surface area (Å²) in [5.41, 5.74) is 2.86. The van der Waals surface area contributed by atoms with Gasteiger partial charge in [0.25, 0.3) is 5.91 Å². The van der Waals surface area contributed by atoms with E-state index in [0.29, 0.717) is 53.4 Å². The second kappa shape index (κ2) is 8.15. The minimum Gasteiger partial charge on any atom is -0.493 e. The number of aromatic amines is 1. The quantitative estimate of drug-likeness (QED) is 0.593. The average molecular weight is 339 g/mol. The number of nitrogens with one attached hydrogen (secondary N) is 2. The van der Waals surface area contributed by atoms with Crippen LogP contribution in [0.4, 0.5) is 5.69 Å². The number of carbonyl (C=O) groups is 2. The maximum absolute atomic E-state index is 12.5. The van der Waals surface area contributed by atoms with Crippen LogP contribution in [0, 0.1) is 25.2 Å². The third kappa shape index (κ3) is 4.48. The summed E-state index contributed by atoms with van der Waals surface area (Å²) in [6, 6.07) is 9.12. The number of nitriles is 1. The van der Waals surface area contributed by atoms with Gasteiger partial charge in [0, 0.05) is 29.4 Å². The molecule has 1 amide bonds. The molecular formula is C19H21N3O3. The van der Waals surface area contributed by atoms with E-state index in [0.717, 1.165) is 0 Å². The lowest BCUT2D eigenvalue weighted by molar-refractivity contribution is 0.101. The summed E-state index contributed by atoms with van der Waals surface area (Å²) in [4.78, 5) is 27.2. The number of Topliss-reactive ketones (excluding diaryl/α,β-unsaturated/α-hetero) is 1. The molecule has 0 aliphatic heterocycles. The van der Waals surface area contributed by atoms with E-state index in [-0.39, 0.29) is 11.7 Å². The predicted molar refractivity (Wildman–Crippen MR) is 95.0 cm³/mol. The Morgan fingerprint density at radius 2 is 2.08 bits per heavy atom. The highest BCUT2D eigenvalue weighted by Crippen LogP contribution is 2.22. The number of aromatic nitrogens is 1. The molecule has 0 spiro atoms. The van der Waals surface area contributed by atoms with E-state index >= 15 is 0 Å². The van der Waals surface area contributed by atoms with Crippen LogP contribution >= 0.6 is 0 Å². The first kappa shape index (κ1) is 18.3. The van der Waals surface area contributed by atoms with Crippen molar-refractivity contribution in [2.45, 2.75) is 33.6 Å². The highest BCUT2D eigenvalue weighted by atomic mass is 16.5. The zero-order valence-electron chi connectivity index (χ0n) is 14.6.